The van der Waals surface area contributed by atoms with Crippen LogP contribution in [0.4, 0.5) is 0 Å². The van der Waals surface area contributed by atoms with Gasteiger partial charge in [-0.3, -0.25) is 4.79 Å². The molecule has 3 aliphatic rings. The summed E-state index contributed by atoms with van der Waals surface area (Å²) >= 11 is 0. The molecular weight excluding hydrogens is 180 g/mol. The molecule has 3 heteroatoms. The Morgan fingerprint density at radius 3 is 2.64 bits per heavy atom. The smallest absolute Gasteiger partial charge is 0.303 e. The first kappa shape index (κ1) is 9.97. The second-order valence-corrected chi connectivity index (χ2v) is 4.79. The highest BCUT2D eigenvalue weighted by molar-refractivity contribution is 5.67. The van der Waals surface area contributed by atoms with Gasteiger partial charge in [-0.2, -0.15) is 0 Å². The third kappa shape index (κ3) is 1.65. The van der Waals surface area contributed by atoms with E-state index < -0.39 is 5.97 Å². The van der Waals surface area contributed by atoms with Crippen LogP contribution >= 0.6 is 0 Å². The summed E-state index contributed by atoms with van der Waals surface area (Å²) in [6.45, 7) is 0. The molecular formula is C11H18O3. The molecule has 0 spiro atoms. The van der Waals surface area contributed by atoms with Gasteiger partial charge in [0, 0.05) is 13.5 Å². The molecule has 0 saturated heterocycles. The lowest BCUT2D eigenvalue weighted by Gasteiger charge is -2.49. The van der Waals surface area contributed by atoms with E-state index in [1.54, 1.807) is 7.11 Å². The number of methoxy groups -OCH3 is 1. The van der Waals surface area contributed by atoms with Crippen molar-refractivity contribution in [2.24, 2.45) is 11.8 Å². The Kier molecular flexibility index (Phi) is 2.52. The zero-order valence-electron chi connectivity index (χ0n) is 8.66. The largest absolute Gasteiger partial charge is 0.481 e. The van der Waals surface area contributed by atoms with Crippen LogP contribution in [0.2, 0.25) is 0 Å². The summed E-state index contributed by atoms with van der Waals surface area (Å²) in [7, 11) is 1.77. The van der Waals surface area contributed by atoms with Gasteiger partial charge in [0.25, 0.3) is 0 Å². The summed E-state index contributed by atoms with van der Waals surface area (Å²) in [5, 5.41) is 8.81. The molecule has 14 heavy (non-hydrogen) atoms. The molecule has 0 heterocycles. The van der Waals surface area contributed by atoms with Crippen LogP contribution in [0.25, 0.3) is 0 Å². The molecule has 2 bridgehead atoms. The van der Waals surface area contributed by atoms with Gasteiger partial charge in [-0.1, -0.05) is 0 Å². The van der Waals surface area contributed by atoms with E-state index in [1.807, 2.05) is 0 Å². The maximum absolute atomic E-state index is 10.7. The number of rotatable bonds is 3. The lowest BCUT2D eigenvalue weighted by atomic mass is 9.61. The normalized spacial score (nSPS) is 41.2. The first-order valence-corrected chi connectivity index (χ1v) is 5.42. The van der Waals surface area contributed by atoms with Crippen molar-refractivity contribution in [2.75, 3.05) is 7.11 Å². The zero-order valence-corrected chi connectivity index (χ0v) is 8.66. The lowest BCUT2D eigenvalue weighted by molar-refractivity contribution is -0.145. The predicted molar refractivity (Wildman–Crippen MR) is 52.1 cm³/mol. The van der Waals surface area contributed by atoms with E-state index in [9.17, 15) is 4.79 Å². The Bertz CT molecular complexity index is 229. The number of hydrogen-bond donors (Lipinski definition) is 1. The molecule has 0 aromatic heterocycles. The third-order valence-corrected chi connectivity index (χ3v) is 4.11. The van der Waals surface area contributed by atoms with Crippen molar-refractivity contribution in [1.82, 2.24) is 0 Å². The van der Waals surface area contributed by atoms with Gasteiger partial charge in [0.1, 0.15) is 0 Å². The molecule has 0 aromatic rings. The second kappa shape index (κ2) is 3.54. The topological polar surface area (TPSA) is 46.5 Å². The summed E-state index contributed by atoms with van der Waals surface area (Å²) in [5.74, 6) is 0.340. The van der Waals surface area contributed by atoms with Crippen molar-refractivity contribution < 1.29 is 14.6 Å². The van der Waals surface area contributed by atoms with Gasteiger partial charge in [-0.05, 0) is 43.9 Å². The molecule has 80 valence electrons. The summed E-state index contributed by atoms with van der Waals surface area (Å²) in [4.78, 5) is 10.7. The van der Waals surface area contributed by atoms with Gasteiger partial charge < -0.3 is 9.84 Å². The standard InChI is InChI=1S/C11H18O3/c1-14-11-4-2-8(3-5-11)9(7-11)6-10(12)13/h8-9H,2-7H2,1H3,(H,12,13). The van der Waals surface area contributed by atoms with Crippen molar-refractivity contribution in [3.05, 3.63) is 0 Å². The van der Waals surface area contributed by atoms with Gasteiger partial charge in [-0.15, -0.1) is 0 Å². The van der Waals surface area contributed by atoms with Crippen LogP contribution < -0.4 is 0 Å². The van der Waals surface area contributed by atoms with Crippen LogP contribution in [0.3, 0.4) is 0 Å². The van der Waals surface area contributed by atoms with E-state index in [0.29, 0.717) is 18.3 Å². The fourth-order valence-corrected chi connectivity index (χ4v) is 3.24. The Morgan fingerprint density at radius 1 is 1.50 bits per heavy atom. The van der Waals surface area contributed by atoms with E-state index in [0.717, 1.165) is 32.1 Å². The number of carboxylic acid groups (broad SMARTS) is 1. The average Bonchev–Trinajstić information content (AvgIpc) is 2.19. The monoisotopic (exact) mass is 198 g/mol. The molecule has 0 aromatic carbocycles. The van der Waals surface area contributed by atoms with Crippen molar-refractivity contribution in [2.45, 2.75) is 44.1 Å². The van der Waals surface area contributed by atoms with Gasteiger partial charge in [0.2, 0.25) is 0 Å². The van der Waals surface area contributed by atoms with Crippen molar-refractivity contribution in [1.29, 1.82) is 0 Å². The van der Waals surface area contributed by atoms with Gasteiger partial charge in [-0.25, -0.2) is 0 Å². The van der Waals surface area contributed by atoms with Crippen molar-refractivity contribution >= 4 is 5.97 Å². The molecule has 3 rings (SSSR count). The SMILES string of the molecule is COC12CCC(CC1)C(CC(=O)O)C2. The van der Waals surface area contributed by atoms with Crippen molar-refractivity contribution in [3.8, 4) is 0 Å². The van der Waals surface area contributed by atoms with E-state index in [1.165, 1.54) is 0 Å². The van der Waals surface area contributed by atoms with Gasteiger partial charge >= 0.3 is 5.97 Å². The van der Waals surface area contributed by atoms with Crippen LogP contribution in [0.15, 0.2) is 0 Å². The Balaban J connectivity index is 2.04. The summed E-state index contributed by atoms with van der Waals surface area (Å²) < 4.78 is 5.58. The van der Waals surface area contributed by atoms with Crippen molar-refractivity contribution in [3.63, 3.8) is 0 Å². The van der Waals surface area contributed by atoms with Crippen LogP contribution in [0.5, 0.6) is 0 Å². The minimum atomic E-state index is -0.659. The quantitative estimate of drug-likeness (QED) is 0.755. The molecule has 1 atom stereocenters. The first-order valence-electron chi connectivity index (χ1n) is 5.42. The Hall–Kier alpha value is -0.570. The van der Waals surface area contributed by atoms with Crippen LogP contribution in [-0.2, 0) is 9.53 Å². The van der Waals surface area contributed by atoms with Gasteiger partial charge in [0.15, 0.2) is 0 Å². The summed E-state index contributed by atoms with van der Waals surface area (Å²) in [6.07, 6.45) is 5.86. The zero-order chi connectivity index (χ0) is 10.2. The molecule has 3 saturated carbocycles. The molecule has 0 radical (unpaired) electrons. The summed E-state index contributed by atoms with van der Waals surface area (Å²) in [5.41, 5.74) is 0.0227. The summed E-state index contributed by atoms with van der Waals surface area (Å²) in [6, 6.07) is 0. The maximum Gasteiger partial charge on any atom is 0.303 e. The molecule has 0 aliphatic heterocycles. The molecule has 0 amide bonds. The highest BCUT2D eigenvalue weighted by atomic mass is 16.5. The Labute approximate surface area is 84.4 Å². The highest BCUT2D eigenvalue weighted by Crippen LogP contribution is 2.50. The second-order valence-electron chi connectivity index (χ2n) is 4.79. The predicted octanol–water partition coefficient (Wildman–Crippen LogP) is 2.06. The highest BCUT2D eigenvalue weighted by Gasteiger charge is 2.46. The molecule has 1 N–H and O–H groups in total. The number of aliphatic carboxylic acids is 1. The van der Waals surface area contributed by atoms with E-state index in [2.05, 4.69) is 0 Å². The van der Waals surface area contributed by atoms with Gasteiger partial charge in [0.05, 0.1) is 5.60 Å². The molecule has 1 unspecified atom stereocenters. The maximum atomic E-state index is 10.7. The third-order valence-electron chi connectivity index (χ3n) is 4.11. The number of hydrogen-bond acceptors (Lipinski definition) is 2. The first-order chi connectivity index (χ1) is 6.65. The van der Waals surface area contributed by atoms with E-state index >= 15 is 0 Å². The average molecular weight is 198 g/mol. The number of fused-ring (bicyclic) bond motifs is 3. The van der Waals surface area contributed by atoms with Crippen LogP contribution in [0, 0.1) is 11.8 Å². The minimum Gasteiger partial charge on any atom is -0.481 e. The number of carbonyl (C=O) groups is 1. The van der Waals surface area contributed by atoms with E-state index in [-0.39, 0.29) is 5.60 Å². The molecule has 3 fully saturated rings. The lowest BCUT2D eigenvalue weighted by Crippen LogP contribution is -2.46. The number of carboxylic acids is 1. The molecule has 3 nitrogen and oxygen atoms in total. The van der Waals surface area contributed by atoms with Crippen LogP contribution in [0.1, 0.15) is 38.5 Å². The number of ether oxygens (including phenoxy) is 1. The van der Waals surface area contributed by atoms with Crippen LogP contribution in [-0.4, -0.2) is 23.8 Å². The fourth-order valence-electron chi connectivity index (χ4n) is 3.24. The van der Waals surface area contributed by atoms with E-state index in [4.69, 9.17) is 9.84 Å². The minimum absolute atomic E-state index is 0.0227. The molecule has 3 aliphatic carbocycles. The fraction of sp³-hybridized carbons (Fsp3) is 0.909. The Morgan fingerprint density at radius 2 is 2.14 bits per heavy atom.